The fraction of sp³-hybridized carbons (Fsp3) is 0.250. The van der Waals surface area contributed by atoms with Crippen LogP contribution >= 0.6 is 11.3 Å². The fourth-order valence-electron chi connectivity index (χ4n) is 2.02. The number of amides is 1. The highest BCUT2D eigenvalue weighted by atomic mass is 32.2. The maximum Gasteiger partial charge on any atom is 0.340 e. The number of anilines is 1. The zero-order chi connectivity index (χ0) is 18.4. The lowest BCUT2D eigenvalue weighted by atomic mass is 10.2. The highest BCUT2D eigenvalue weighted by Gasteiger charge is 2.24. The quantitative estimate of drug-likeness (QED) is 0.741. The molecule has 1 amide bonds. The summed E-state index contributed by atoms with van der Waals surface area (Å²) in [4.78, 5) is 24.1. The molecule has 0 spiro atoms. The van der Waals surface area contributed by atoms with Gasteiger partial charge in [0.05, 0.1) is 24.4 Å². The minimum absolute atomic E-state index is 0.162. The molecule has 1 N–H and O–H groups in total. The van der Waals surface area contributed by atoms with Crippen LogP contribution in [0.4, 0.5) is 5.69 Å². The van der Waals surface area contributed by atoms with E-state index in [1.54, 1.807) is 36.6 Å². The first-order chi connectivity index (χ1) is 11.9. The van der Waals surface area contributed by atoms with Crippen LogP contribution in [0, 0.1) is 0 Å². The Kier molecular flexibility index (Phi) is 6.29. The number of carbonyl (C=O) groups is 2. The molecule has 0 bridgehead atoms. The molecule has 2 rings (SSSR count). The van der Waals surface area contributed by atoms with Crippen LogP contribution in [0.25, 0.3) is 0 Å². The van der Waals surface area contributed by atoms with Gasteiger partial charge in [0, 0.05) is 7.05 Å². The summed E-state index contributed by atoms with van der Waals surface area (Å²) >= 11 is 1.08. The molecule has 0 aliphatic heterocycles. The number of likely N-dealkylation sites (N-methyl/N-ethyl adjacent to an activating group) is 1. The fourth-order valence-corrected chi connectivity index (χ4v) is 4.35. The Morgan fingerprint density at radius 3 is 2.56 bits per heavy atom. The third kappa shape index (κ3) is 4.65. The van der Waals surface area contributed by atoms with Crippen molar-refractivity contribution in [3.8, 4) is 0 Å². The van der Waals surface area contributed by atoms with Crippen LogP contribution in [0.3, 0.4) is 0 Å². The van der Waals surface area contributed by atoms with E-state index in [2.05, 4.69) is 5.32 Å². The van der Waals surface area contributed by atoms with Gasteiger partial charge in [-0.25, -0.2) is 13.2 Å². The Morgan fingerprint density at radius 1 is 1.20 bits per heavy atom. The Balaban J connectivity index is 2.10. The molecule has 0 saturated heterocycles. The molecule has 0 saturated carbocycles. The summed E-state index contributed by atoms with van der Waals surface area (Å²) in [5, 5.41) is 4.20. The van der Waals surface area contributed by atoms with Gasteiger partial charge >= 0.3 is 5.97 Å². The predicted octanol–water partition coefficient (Wildman–Crippen LogP) is 2.18. The van der Waals surface area contributed by atoms with Gasteiger partial charge in [-0.15, -0.1) is 11.3 Å². The van der Waals surface area contributed by atoms with E-state index in [0.29, 0.717) is 0 Å². The second-order valence-corrected chi connectivity index (χ2v) is 8.23. The molecule has 1 heterocycles. The number of carbonyl (C=O) groups excluding carboxylic acids is 2. The number of sulfonamides is 1. The molecule has 7 nitrogen and oxygen atoms in total. The van der Waals surface area contributed by atoms with Crippen LogP contribution in [0.5, 0.6) is 0 Å². The molecule has 0 atom stereocenters. The number of para-hydroxylation sites is 1. The summed E-state index contributed by atoms with van der Waals surface area (Å²) in [5.74, 6) is -1.11. The summed E-state index contributed by atoms with van der Waals surface area (Å²) in [6, 6.07) is 9.49. The van der Waals surface area contributed by atoms with Gasteiger partial charge in [-0.2, -0.15) is 4.31 Å². The molecule has 9 heteroatoms. The van der Waals surface area contributed by atoms with E-state index in [1.807, 2.05) is 0 Å². The predicted molar refractivity (Wildman–Crippen MR) is 95.2 cm³/mol. The molecule has 0 fully saturated rings. The number of nitrogens with zero attached hydrogens (tertiary/aromatic N) is 1. The minimum atomic E-state index is -3.72. The Hall–Kier alpha value is -2.23. The van der Waals surface area contributed by atoms with Crippen LogP contribution in [-0.2, 0) is 19.6 Å². The molecular formula is C16H18N2O5S2. The van der Waals surface area contributed by atoms with E-state index < -0.39 is 21.9 Å². The van der Waals surface area contributed by atoms with Gasteiger partial charge in [-0.3, -0.25) is 4.79 Å². The summed E-state index contributed by atoms with van der Waals surface area (Å²) < 4.78 is 30.7. The number of hydrogen-bond acceptors (Lipinski definition) is 6. The van der Waals surface area contributed by atoms with Gasteiger partial charge in [-0.1, -0.05) is 18.2 Å². The summed E-state index contributed by atoms with van der Waals surface area (Å²) in [6.07, 6.45) is 0. The lowest BCUT2D eigenvalue weighted by Crippen LogP contribution is -2.34. The minimum Gasteiger partial charge on any atom is -0.462 e. The highest BCUT2D eigenvalue weighted by molar-refractivity contribution is 7.91. The maximum atomic E-state index is 12.3. The number of thiophene rings is 1. The van der Waals surface area contributed by atoms with Gasteiger partial charge in [0.2, 0.25) is 5.91 Å². The first-order valence-corrected chi connectivity index (χ1v) is 9.74. The maximum absolute atomic E-state index is 12.3. The van der Waals surface area contributed by atoms with Crippen molar-refractivity contribution in [3.63, 3.8) is 0 Å². The second-order valence-electron chi connectivity index (χ2n) is 5.01. The molecular weight excluding hydrogens is 364 g/mol. The summed E-state index contributed by atoms with van der Waals surface area (Å²) in [7, 11) is -2.39. The van der Waals surface area contributed by atoms with Crippen LogP contribution < -0.4 is 5.32 Å². The van der Waals surface area contributed by atoms with Crippen molar-refractivity contribution in [2.45, 2.75) is 11.1 Å². The first kappa shape index (κ1) is 19.1. The number of nitrogens with one attached hydrogen (secondary N) is 1. The van der Waals surface area contributed by atoms with E-state index >= 15 is 0 Å². The largest absolute Gasteiger partial charge is 0.462 e. The zero-order valence-corrected chi connectivity index (χ0v) is 15.4. The van der Waals surface area contributed by atoms with E-state index in [0.717, 1.165) is 15.6 Å². The third-order valence-electron chi connectivity index (χ3n) is 3.22. The van der Waals surface area contributed by atoms with Crippen LogP contribution in [0.1, 0.15) is 17.3 Å². The van der Waals surface area contributed by atoms with Gasteiger partial charge in [0.1, 0.15) is 4.21 Å². The summed E-state index contributed by atoms with van der Waals surface area (Å²) in [6.45, 7) is 1.52. The molecule has 0 aliphatic carbocycles. The average Bonchev–Trinajstić information content (AvgIpc) is 3.10. The lowest BCUT2D eigenvalue weighted by Gasteiger charge is -2.16. The second kappa shape index (κ2) is 8.24. The number of esters is 1. The Bertz CT molecular complexity index is 847. The molecule has 25 heavy (non-hydrogen) atoms. The van der Waals surface area contributed by atoms with Crippen molar-refractivity contribution in [1.82, 2.24) is 4.31 Å². The number of rotatable bonds is 7. The SMILES string of the molecule is CCOC(=O)c1ccccc1NC(=O)CN(C)S(=O)(=O)c1cccs1. The Morgan fingerprint density at radius 2 is 1.92 bits per heavy atom. The standard InChI is InChI=1S/C16H18N2O5S2/c1-3-23-16(20)12-7-4-5-8-13(12)17-14(19)11-18(2)25(21,22)15-9-6-10-24-15/h4-10H,3,11H2,1-2H3,(H,17,19). The van der Waals surface area contributed by atoms with Gasteiger partial charge in [-0.05, 0) is 30.5 Å². The normalized spacial score (nSPS) is 11.3. The van der Waals surface area contributed by atoms with E-state index in [-0.39, 0.29) is 28.6 Å². The molecule has 0 aliphatic rings. The molecule has 2 aromatic rings. The van der Waals surface area contributed by atoms with Crippen LogP contribution in [0.15, 0.2) is 46.0 Å². The van der Waals surface area contributed by atoms with Crippen molar-refractivity contribution in [1.29, 1.82) is 0 Å². The molecule has 1 aromatic heterocycles. The molecule has 134 valence electrons. The van der Waals surface area contributed by atoms with Gasteiger partial charge in [0.25, 0.3) is 10.0 Å². The van der Waals surface area contributed by atoms with E-state index in [1.165, 1.54) is 19.2 Å². The van der Waals surface area contributed by atoms with E-state index in [9.17, 15) is 18.0 Å². The van der Waals surface area contributed by atoms with Gasteiger partial charge < -0.3 is 10.1 Å². The smallest absolute Gasteiger partial charge is 0.340 e. The average molecular weight is 382 g/mol. The molecule has 0 radical (unpaired) electrons. The Labute approximate surface area is 150 Å². The monoisotopic (exact) mass is 382 g/mol. The number of benzene rings is 1. The lowest BCUT2D eigenvalue weighted by molar-refractivity contribution is -0.116. The highest BCUT2D eigenvalue weighted by Crippen LogP contribution is 2.20. The van der Waals surface area contributed by atoms with Crippen molar-refractivity contribution in [2.24, 2.45) is 0 Å². The zero-order valence-electron chi connectivity index (χ0n) is 13.8. The topological polar surface area (TPSA) is 92.8 Å². The van der Waals surface area contributed by atoms with Crippen molar-refractivity contribution in [2.75, 3.05) is 25.5 Å². The van der Waals surface area contributed by atoms with Crippen LogP contribution in [0.2, 0.25) is 0 Å². The molecule has 0 unspecified atom stereocenters. The van der Waals surface area contributed by atoms with Crippen molar-refractivity contribution < 1.29 is 22.7 Å². The first-order valence-electron chi connectivity index (χ1n) is 7.42. The third-order valence-corrected chi connectivity index (χ3v) is 6.40. The van der Waals surface area contributed by atoms with E-state index in [4.69, 9.17) is 4.74 Å². The van der Waals surface area contributed by atoms with Crippen molar-refractivity contribution in [3.05, 3.63) is 47.3 Å². The van der Waals surface area contributed by atoms with Crippen LogP contribution in [-0.4, -0.2) is 44.8 Å². The van der Waals surface area contributed by atoms with Gasteiger partial charge in [0.15, 0.2) is 0 Å². The molecule has 1 aromatic carbocycles. The van der Waals surface area contributed by atoms with Crippen molar-refractivity contribution >= 4 is 38.9 Å². The number of ether oxygens (including phenoxy) is 1. The number of hydrogen-bond donors (Lipinski definition) is 1. The summed E-state index contributed by atoms with van der Waals surface area (Å²) in [5.41, 5.74) is 0.481.